The van der Waals surface area contributed by atoms with Crippen molar-refractivity contribution in [2.75, 3.05) is 7.11 Å². The Kier molecular flexibility index (Phi) is 3.73. The lowest BCUT2D eigenvalue weighted by Gasteiger charge is -2.00. The standard InChI is InChI=1S/C12H9BrClNO3/c1-18-11(17)4-10(16)8-5-15-12-7(8)2-6(13)3-9(12)14/h2-3,5,15H,4H2,1H3. The van der Waals surface area contributed by atoms with Crippen LogP contribution < -0.4 is 0 Å². The second-order valence-corrected chi connectivity index (χ2v) is 5.01. The number of hydrogen-bond acceptors (Lipinski definition) is 3. The predicted octanol–water partition coefficient (Wildman–Crippen LogP) is 3.33. The maximum atomic E-state index is 11.9. The van der Waals surface area contributed by atoms with Crippen LogP contribution in [0.25, 0.3) is 10.9 Å². The first kappa shape index (κ1) is 13.1. The van der Waals surface area contributed by atoms with Gasteiger partial charge in [0.2, 0.25) is 0 Å². The second kappa shape index (κ2) is 5.12. The number of H-pyrrole nitrogens is 1. The minimum Gasteiger partial charge on any atom is -0.469 e. The van der Waals surface area contributed by atoms with Crippen LogP contribution in [-0.4, -0.2) is 23.8 Å². The fourth-order valence-electron chi connectivity index (χ4n) is 1.68. The van der Waals surface area contributed by atoms with E-state index in [1.807, 2.05) is 0 Å². The molecule has 0 saturated heterocycles. The summed E-state index contributed by atoms with van der Waals surface area (Å²) in [5.41, 5.74) is 1.10. The molecule has 0 spiro atoms. The molecule has 1 N–H and O–H groups in total. The zero-order chi connectivity index (χ0) is 13.3. The summed E-state index contributed by atoms with van der Waals surface area (Å²) in [5.74, 6) is -0.863. The average molecular weight is 331 g/mol. The van der Waals surface area contributed by atoms with E-state index in [0.717, 1.165) is 4.47 Å². The molecule has 0 aliphatic heterocycles. The van der Waals surface area contributed by atoms with Crippen molar-refractivity contribution in [1.82, 2.24) is 4.98 Å². The van der Waals surface area contributed by atoms with Gasteiger partial charge in [0, 0.05) is 21.6 Å². The first-order valence-corrected chi connectivity index (χ1v) is 6.26. The molecule has 0 aliphatic carbocycles. The summed E-state index contributed by atoms with van der Waals surface area (Å²) in [4.78, 5) is 26.0. The van der Waals surface area contributed by atoms with Crippen LogP contribution in [0.15, 0.2) is 22.8 Å². The Hall–Kier alpha value is -1.33. The van der Waals surface area contributed by atoms with Crippen molar-refractivity contribution in [1.29, 1.82) is 0 Å². The van der Waals surface area contributed by atoms with Crippen LogP contribution in [0.1, 0.15) is 16.8 Å². The molecule has 0 saturated carbocycles. The van der Waals surface area contributed by atoms with Crippen LogP contribution in [0, 0.1) is 0 Å². The van der Waals surface area contributed by atoms with Crippen molar-refractivity contribution in [2.45, 2.75) is 6.42 Å². The van der Waals surface area contributed by atoms with E-state index in [2.05, 4.69) is 25.7 Å². The smallest absolute Gasteiger partial charge is 0.313 e. The Bertz CT molecular complexity index is 636. The van der Waals surface area contributed by atoms with Gasteiger partial charge >= 0.3 is 5.97 Å². The lowest BCUT2D eigenvalue weighted by Crippen LogP contribution is -2.09. The molecule has 0 amide bonds. The number of nitrogens with one attached hydrogen (secondary N) is 1. The third-order valence-corrected chi connectivity index (χ3v) is 3.29. The van der Waals surface area contributed by atoms with E-state index in [4.69, 9.17) is 11.6 Å². The van der Waals surface area contributed by atoms with Gasteiger partial charge in [-0.05, 0) is 12.1 Å². The predicted molar refractivity (Wildman–Crippen MR) is 72.0 cm³/mol. The van der Waals surface area contributed by atoms with Crippen molar-refractivity contribution in [3.05, 3.63) is 33.4 Å². The summed E-state index contributed by atoms with van der Waals surface area (Å²) in [7, 11) is 1.25. The Morgan fingerprint density at radius 2 is 2.17 bits per heavy atom. The molecule has 0 aliphatic rings. The van der Waals surface area contributed by atoms with Crippen molar-refractivity contribution in [3.63, 3.8) is 0 Å². The fourth-order valence-corrected chi connectivity index (χ4v) is 2.55. The van der Waals surface area contributed by atoms with E-state index in [1.165, 1.54) is 7.11 Å². The molecule has 1 heterocycles. The van der Waals surface area contributed by atoms with Crippen LogP contribution in [0.5, 0.6) is 0 Å². The maximum absolute atomic E-state index is 11.9. The molecule has 0 unspecified atom stereocenters. The number of fused-ring (bicyclic) bond motifs is 1. The minimum absolute atomic E-state index is 0.284. The minimum atomic E-state index is -0.560. The van der Waals surface area contributed by atoms with Gasteiger partial charge in [0.05, 0.1) is 17.6 Å². The number of rotatable bonds is 3. The molecule has 94 valence electrons. The van der Waals surface area contributed by atoms with Crippen LogP contribution >= 0.6 is 27.5 Å². The zero-order valence-electron chi connectivity index (χ0n) is 9.42. The number of halogens is 2. The number of hydrogen-bond donors (Lipinski definition) is 1. The third kappa shape index (κ3) is 2.42. The number of esters is 1. The Morgan fingerprint density at radius 1 is 1.44 bits per heavy atom. The normalized spacial score (nSPS) is 10.6. The van der Waals surface area contributed by atoms with E-state index >= 15 is 0 Å². The van der Waals surface area contributed by atoms with E-state index < -0.39 is 5.97 Å². The summed E-state index contributed by atoms with van der Waals surface area (Å²) in [6.07, 6.45) is 1.27. The number of carbonyl (C=O) groups is 2. The van der Waals surface area contributed by atoms with Gasteiger partial charge in [0.25, 0.3) is 0 Å². The molecule has 0 bridgehead atoms. The van der Waals surface area contributed by atoms with E-state index in [0.29, 0.717) is 21.5 Å². The van der Waals surface area contributed by atoms with Crippen LogP contribution in [0.3, 0.4) is 0 Å². The third-order valence-electron chi connectivity index (χ3n) is 2.54. The highest BCUT2D eigenvalue weighted by atomic mass is 79.9. The summed E-state index contributed by atoms with van der Waals surface area (Å²) in [5, 5.41) is 1.19. The molecule has 2 aromatic rings. The maximum Gasteiger partial charge on any atom is 0.313 e. The molecule has 1 aromatic carbocycles. The van der Waals surface area contributed by atoms with Gasteiger partial charge in [-0.3, -0.25) is 9.59 Å². The quantitative estimate of drug-likeness (QED) is 0.533. The van der Waals surface area contributed by atoms with Crippen LogP contribution in [0.4, 0.5) is 0 Å². The van der Waals surface area contributed by atoms with Gasteiger partial charge < -0.3 is 9.72 Å². The van der Waals surface area contributed by atoms with Gasteiger partial charge in [-0.15, -0.1) is 0 Å². The first-order chi connectivity index (χ1) is 8.52. The van der Waals surface area contributed by atoms with Crippen LogP contribution in [0.2, 0.25) is 5.02 Å². The van der Waals surface area contributed by atoms with Crippen molar-refractivity contribution >= 4 is 50.2 Å². The molecule has 18 heavy (non-hydrogen) atoms. The Morgan fingerprint density at radius 3 is 2.83 bits per heavy atom. The van der Waals surface area contributed by atoms with Gasteiger partial charge in [-0.25, -0.2) is 0 Å². The van der Waals surface area contributed by atoms with Crippen molar-refractivity contribution < 1.29 is 14.3 Å². The van der Waals surface area contributed by atoms with Gasteiger partial charge in [-0.1, -0.05) is 27.5 Å². The summed E-state index contributed by atoms with van der Waals surface area (Å²) in [6.45, 7) is 0. The van der Waals surface area contributed by atoms with Crippen LogP contribution in [-0.2, 0) is 9.53 Å². The number of carbonyl (C=O) groups excluding carboxylic acids is 2. The van der Waals surface area contributed by atoms with Gasteiger partial charge in [0.1, 0.15) is 6.42 Å². The van der Waals surface area contributed by atoms with Gasteiger partial charge in [0.15, 0.2) is 5.78 Å². The number of methoxy groups -OCH3 is 1. The number of ketones is 1. The van der Waals surface area contributed by atoms with Crippen molar-refractivity contribution in [2.24, 2.45) is 0 Å². The number of aromatic amines is 1. The van der Waals surface area contributed by atoms with E-state index in [1.54, 1.807) is 18.3 Å². The molecule has 1 aromatic heterocycles. The first-order valence-electron chi connectivity index (χ1n) is 5.09. The fraction of sp³-hybridized carbons (Fsp3) is 0.167. The molecular formula is C12H9BrClNO3. The highest BCUT2D eigenvalue weighted by Crippen LogP contribution is 2.30. The molecule has 2 rings (SSSR count). The molecule has 6 heteroatoms. The monoisotopic (exact) mass is 329 g/mol. The summed E-state index contributed by atoms with van der Waals surface area (Å²) in [6, 6.07) is 3.51. The van der Waals surface area contributed by atoms with E-state index in [9.17, 15) is 9.59 Å². The van der Waals surface area contributed by atoms with E-state index in [-0.39, 0.29) is 12.2 Å². The number of Topliss-reactive ketones (excluding diaryl/α,β-unsaturated/α-hetero) is 1. The van der Waals surface area contributed by atoms with Gasteiger partial charge in [-0.2, -0.15) is 0 Å². The lowest BCUT2D eigenvalue weighted by molar-refractivity contribution is -0.139. The van der Waals surface area contributed by atoms with Crippen molar-refractivity contribution in [3.8, 4) is 0 Å². The molecule has 0 fully saturated rings. The number of ether oxygens (including phenoxy) is 1. The zero-order valence-corrected chi connectivity index (χ0v) is 11.8. The second-order valence-electron chi connectivity index (χ2n) is 3.69. The Balaban J connectivity index is 2.46. The highest BCUT2D eigenvalue weighted by Gasteiger charge is 2.17. The molecular weight excluding hydrogens is 321 g/mol. The Labute approximate surface area is 116 Å². The topological polar surface area (TPSA) is 59.2 Å². The summed E-state index contributed by atoms with van der Waals surface area (Å²) < 4.78 is 5.24. The lowest BCUT2D eigenvalue weighted by atomic mass is 10.1. The SMILES string of the molecule is COC(=O)CC(=O)c1c[nH]c2c(Cl)cc(Br)cc12. The molecule has 4 nitrogen and oxygen atoms in total. The summed E-state index contributed by atoms with van der Waals surface area (Å²) >= 11 is 9.36. The highest BCUT2D eigenvalue weighted by molar-refractivity contribution is 9.10. The average Bonchev–Trinajstić information content (AvgIpc) is 2.72. The number of benzene rings is 1. The molecule has 0 atom stereocenters. The largest absolute Gasteiger partial charge is 0.469 e. The molecule has 0 radical (unpaired) electrons. The number of aromatic nitrogens is 1.